The first-order valence-electron chi connectivity index (χ1n) is 5.96. The van der Waals surface area contributed by atoms with Crippen LogP contribution in [0.2, 0.25) is 0 Å². The molecule has 0 bridgehead atoms. The number of thioether (sulfide) groups is 1. The monoisotopic (exact) mass is 268 g/mol. The van der Waals surface area contributed by atoms with E-state index in [0.717, 1.165) is 17.7 Å². The van der Waals surface area contributed by atoms with E-state index in [9.17, 15) is 9.90 Å². The summed E-state index contributed by atoms with van der Waals surface area (Å²) >= 11 is 1.63. The number of pyridine rings is 1. The number of carbonyl (C=O) groups excluding carboxylic acids is 1. The van der Waals surface area contributed by atoms with Crippen molar-refractivity contribution in [2.75, 3.05) is 25.6 Å². The fourth-order valence-electron chi connectivity index (χ4n) is 1.56. The molecule has 0 saturated carbocycles. The lowest BCUT2D eigenvalue weighted by molar-refractivity contribution is -0.138. The van der Waals surface area contributed by atoms with E-state index in [1.807, 2.05) is 18.4 Å². The Bertz CT molecular complexity index is 359. The molecule has 18 heavy (non-hydrogen) atoms. The number of aromatic nitrogens is 1. The van der Waals surface area contributed by atoms with Crippen molar-refractivity contribution in [3.05, 3.63) is 30.1 Å². The van der Waals surface area contributed by atoms with Crippen molar-refractivity contribution in [1.82, 2.24) is 9.88 Å². The van der Waals surface area contributed by atoms with E-state index in [0.29, 0.717) is 13.0 Å². The smallest absolute Gasteiger partial charge is 0.251 e. The quantitative estimate of drug-likeness (QED) is 0.807. The number of aliphatic hydroxyl groups excluding tert-OH is 1. The highest BCUT2D eigenvalue weighted by molar-refractivity contribution is 7.98. The number of amides is 1. The Labute approximate surface area is 112 Å². The maximum atomic E-state index is 11.8. The van der Waals surface area contributed by atoms with E-state index in [2.05, 4.69) is 4.98 Å². The Kier molecular flexibility index (Phi) is 6.75. The molecule has 1 amide bonds. The van der Waals surface area contributed by atoms with Crippen LogP contribution in [0.15, 0.2) is 24.5 Å². The van der Waals surface area contributed by atoms with E-state index in [1.54, 1.807) is 36.1 Å². The summed E-state index contributed by atoms with van der Waals surface area (Å²) in [5.74, 6) is 0.601. The van der Waals surface area contributed by atoms with Crippen molar-refractivity contribution < 1.29 is 9.90 Å². The molecule has 4 nitrogen and oxygen atoms in total. The van der Waals surface area contributed by atoms with Crippen LogP contribution in [0.4, 0.5) is 0 Å². The van der Waals surface area contributed by atoms with Crippen LogP contribution in [0, 0.1) is 0 Å². The standard InChI is InChI=1S/C13H20N2O2S/c1-15(13(17)12(16)6-10-18-2)9-5-11-3-7-14-8-4-11/h3-4,7-8,12,16H,5-6,9-10H2,1-2H3/t12-/m1/s1. The van der Waals surface area contributed by atoms with Gasteiger partial charge in [0.1, 0.15) is 6.10 Å². The summed E-state index contributed by atoms with van der Waals surface area (Å²) in [6, 6.07) is 3.87. The molecule has 0 aromatic carbocycles. The first-order valence-corrected chi connectivity index (χ1v) is 7.35. The van der Waals surface area contributed by atoms with E-state index in [1.165, 1.54) is 0 Å². The number of likely N-dealkylation sites (N-methyl/N-ethyl adjacent to an activating group) is 1. The summed E-state index contributed by atoms with van der Waals surface area (Å²) in [6.07, 6.45) is 5.86. The Morgan fingerprint density at radius 1 is 1.50 bits per heavy atom. The average molecular weight is 268 g/mol. The number of aliphatic hydroxyl groups is 1. The average Bonchev–Trinajstić information content (AvgIpc) is 2.42. The molecule has 0 radical (unpaired) electrons. The van der Waals surface area contributed by atoms with Gasteiger partial charge in [-0.1, -0.05) is 0 Å². The molecule has 1 heterocycles. The first kappa shape index (κ1) is 15.0. The molecule has 1 aromatic rings. The molecule has 5 heteroatoms. The minimum Gasteiger partial charge on any atom is -0.383 e. The summed E-state index contributed by atoms with van der Waals surface area (Å²) in [4.78, 5) is 17.4. The van der Waals surface area contributed by atoms with Gasteiger partial charge in [-0.3, -0.25) is 9.78 Å². The minimum atomic E-state index is -0.875. The van der Waals surface area contributed by atoms with E-state index >= 15 is 0 Å². The number of nitrogens with zero attached hydrogens (tertiary/aromatic N) is 2. The highest BCUT2D eigenvalue weighted by Gasteiger charge is 2.18. The molecule has 0 saturated heterocycles. The van der Waals surface area contributed by atoms with Gasteiger partial charge in [-0.25, -0.2) is 0 Å². The lowest BCUT2D eigenvalue weighted by atomic mass is 10.2. The molecular weight excluding hydrogens is 248 g/mol. The van der Waals surface area contributed by atoms with Crippen molar-refractivity contribution in [3.63, 3.8) is 0 Å². The van der Waals surface area contributed by atoms with E-state index in [4.69, 9.17) is 0 Å². The zero-order valence-electron chi connectivity index (χ0n) is 10.9. The maximum absolute atomic E-state index is 11.8. The van der Waals surface area contributed by atoms with Gasteiger partial charge >= 0.3 is 0 Å². The predicted molar refractivity (Wildman–Crippen MR) is 74.6 cm³/mol. The largest absolute Gasteiger partial charge is 0.383 e. The Balaban J connectivity index is 2.35. The van der Waals surface area contributed by atoms with Gasteiger partial charge in [-0.05, 0) is 42.5 Å². The van der Waals surface area contributed by atoms with Gasteiger partial charge in [0.2, 0.25) is 0 Å². The van der Waals surface area contributed by atoms with Crippen LogP contribution in [0.1, 0.15) is 12.0 Å². The second kappa shape index (κ2) is 8.11. The van der Waals surface area contributed by atoms with Gasteiger partial charge in [0.05, 0.1) is 0 Å². The highest BCUT2D eigenvalue weighted by Crippen LogP contribution is 2.05. The molecule has 1 aromatic heterocycles. The third kappa shape index (κ3) is 5.06. The number of carbonyl (C=O) groups is 1. The predicted octanol–water partition coefficient (Wildman–Crippen LogP) is 1.20. The lowest BCUT2D eigenvalue weighted by Crippen LogP contribution is -2.37. The summed E-state index contributed by atoms with van der Waals surface area (Å²) in [5, 5.41) is 9.70. The zero-order valence-corrected chi connectivity index (χ0v) is 11.7. The number of rotatable bonds is 7. The number of hydrogen-bond acceptors (Lipinski definition) is 4. The normalized spacial score (nSPS) is 12.2. The fourth-order valence-corrected chi connectivity index (χ4v) is 2.02. The van der Waals surface area contributed by atoms with Gasteiger partial charge < -0.3 is 10.0 Å². The van der Waals surface area contributed by atoms with Gasteiger partial charge in [0.15, 0.2) is 0 Å². The van der Waals surface area contributed by atoms with Crippen LogP contribution >= 0.6 is 11.8 Å². The summed E-state index contributed by atoms with van der Waals surface area (Å²) in [7, 11) is 1.73. The first-order chi connectivity index (χ1) is 8.65. The summed E-state index contributed by atoms with van der Waals surface area (Å²) in [6.45, 7) is 0.610. The lowest BCUT2D eigenvalue weighted by Gasteiger charge is -2.20. The van der Waals surface area contributed by atoms with Gasteiger partial charge in [-0.15, -0.1) is 0 Å². The third-order valence-electron chi connectivity index (χ3n) is 2.74. The molecule has 1 atom stereocenters. The molecule has 0 spiro atoms. The van der Waals surface area contributed by atoms with Crippen molar-refractivity contribution in [2.45, 2.75) is 18.9 Å². The molecule has 1 rings (SSSR count). The van der Waals surface area contributed by atoms with Crippen LogP contribution in [0.3, 0.4) is 0 Å². The van der Waals surface area contributed by atoms with Crippen molar-refractivity contribution in [2.24, 2.45) is 0 Å². The fraction of sp³-hybridized carbons (Fsp3) is 0.538. The van der Waals surface area contributed by atoms with Crippen LogP contribution in [0.5, 0.6) is 0 Å². The third-order valence-corrected chi connectivity index (χ3v) is 3.39. The Hall–Kier alpha value is -1.07. The van der Waals surface area contributed by atoms with Gasteiger partial charge in [-0.2, -0.15) is 11.8 Å². The highest BCUT2D eigenvalue weighted by atomic mass is 32.2. The van der Waals surface area contributed by atoms with Gasteiger partial charge in [0.25, 0.3) is 5.91 Å². The molecule has 1 N–H and O–H groups in total. The molecule has 0 unspecified atom stereocenters. The SMILES string of the molecule is CSCC[C@@H](O)C(=O)N(C)CCc1ccncc1. The number of hydrogen-bond donors (Lipinski definition) is 1. The van der Waals surface area contributed by atoms with Crippen LogP contribution in [-0.2, 0) is 11.2 Å². The summed E-state index contributed by atoms with van der Waals surface area (Å²) in [5.41, 5.74) is 1.14. The van der Waals surface area contributed by atoms with Crippen molar-refractivity contribution >= 4 is 17.7 Å². The van der Waals surface area contributed by atoms with Crippen LogP contribution < -0.4 is 0 Å². The molecule has 0 aliphatic heterocycles. The molecule has 100 valence electrons. The van der Waals surface area contributed by atoms with Crippen LogP contribution in [-0.4, -0.2) is 52.6 Å². The molecule has 0 aliphatic carbocycles. The van der Waals surface area contributed by atoms with Crippen LogP contribution in [0.25, 0.3) is 0 Å². The van der Waals surface area contributed by atoms with Crippen molar-refractivity contribution in [3.8, 4) is 0 Å². The molecule has 0 fully saturated rings. The van der Waals surface area contributed by atoms with E-state index < -0.39 is 6.10 Å². The maximum Gasteiger partial charge on any atom is 0.251 e. The zero-order chi connectivity index (χ0) is 13.4. The second-order valence-corrected chi connectivity index (χ2v) is 5.15. The van der Waals surface area contributed by atoms with E-state index in [-0.39, 0.29) is 5.91 Å². The minimum absolute atomic E-state index is 0.196. The second-order valence-electron chi connectivity index (χ2n) is 4.16. The summed E-state index contributed by atoms with van der Waals surface area (Å²) < 4.78 is 0. The molecule has 0 aliphatic rings. The topological polar surface area (TPSA) is 53.4 Å². The Morgan fingerprint density at radius 2 is 2.17 bits per heavy atom. The Morgan fingerprint density at radius 3 is 2.78 bits per heavy atom. The molecular formula is C13H20N2O2S. The van der Waals surface area contributed by atoms with Gasteiger partial charge in [0, 0.05) is 26.0 Å². The van der Waals surface area contributed by atoms with Crippen molar-refractivity contribution in [1.29, 1.82) is 0 Å².